The van der Waals surface area contributed by atoms with Crippen LogP contribution in [0.5, 0.6) is 0 Å². The predicted octanol–water partition coefficient (Wildman–Crippen LogP) is 4.87. The van der Waals surface area contributed by atoms with Crippen molar-refractivity contribution < 1.29 is 0 Å². The van der Waals surface area contributed by atoms with Crippen molar-refractivity contribution in [2.75, 3.05) is 20.0 Å². The smallest absolute Gasteiger partial charge is 0.0223 e. The second kappa shape index (κ2) is 13.8. The average molecular weight is 315 g/mol. The zero-order valence-corrected chi connectivity index (χ0v) is 13.6. The molecule has 0 heterocycles. The van der Waals surface area contributed by atoms with Crippen molar-refractivity contribution in [3.8, 4) is 0 Å². The molecule has 0 spiro atoms. The van der Waals surface area contributed by atoms with Gasteiger partial charge in [0.15, 0.2) is 0 Å². The molecule has 100 valence electrons. The minimum absolute atomic E-state index is 0. The summed E-state index contributed by atoms with van der Waals surface area (Å²) in [5, 5.41) is 0. The highest BCUT2D eigenvalue weighted by atomic mass is 79.9. The van der Waals surface area contributed by atoms with Gasteiger partial charge in [-0.2, -0.15) is 0 Å². The van der Waals surface area contributed by atoms with Gasteiger partial charge in [-0.05, 0) is 33.4 Å². The van der Waals surface area contributed by atoms with Crippen molar-refractivity contribution in [3.63, 3.8) is 0 Å². The molecule has 3 heteroatoms. The van der Waals surface area contributed by atoms with Crippen molar-refractivity contribution in [3.05, 3.63) is 0 Å². The van der Waals surface area contributed by atoms with E-state index < -0.39 is 0 Å². The lowest BCUT2D eigenvalue weighted by Gasteiger charge is -2.24. The minimum Gasteiger partial charge on any atom is -0.306 e. The Bertz CT molecular complexity index is 131. The maximum absolute atomic E-state index is 5.70. The van der Waals surface area contributed by atoms with Crippen LogP contribution >= 0.6 is 28.6 Å². The van der Waals surface area contributed by atoms with Crippen LogP contribution in [-0.2, 0) is 0 Å². The quantitative estimate of drug-likeness (QED) is 0.410. The van der Waals surface area contributed by atoms with Gasteiger partial charge in [-0.3, -0.25) is 0 Å². The van der Waals surface area contributed by atoms with Gasteiger partial charge in [-0.15, -0.1) is 28.6 Å². The Balaban J connectivity index is 0. The van der Waals surface area contributed by atoms with Crippen LogP contribution in [0.25, 0.3) is 0 Å². The van der Waals surface area contributed by atoms with Crippen LogP contribution < -0.4 is 0 Å². The molecular weight excluding hydrogens is 286 g/mol. The van der Waals surface area contributed by atoms with Gasteiger partial charge in [0.05, 0.1) is 0 Å². The number of rotatable bonds is 10. The molecule has 0 aliphatic carbocycles. The number of hydrogen-bond donors (Lipinski definition) is 0. The van der Waals surface area contributed by atoms with Crippen LogP contribution in [0.4, 0.5) is 0 Å². The Hall–Kier alpha value is 0.730. The normalized spacial score (nSPS) is 12.6. The maximum Gasteiger partial charge on any atom is 0.0223 e. The molecule has 0 aliphatic rings. The zero-order valence-electron chi connectivity index (χ0n) is 11.2. The molecule has 0 radical (unpaired) electrons. The molecule has 16 heavy (non-hydrogen) atoms. The second-order valence-electron chi connectivity index (χ2n) is 4.65. The first-order chi connectivity index (χ1) is 7.22. The summed E-state index contributed by atoms with van der Waals surface area (Å²) in [6.45, 7) is 2.27. The zero-order chi connectivity index (χ0) is 11.5. The Labute approximate surface area is 118 Å². The summed E-state index contributed by atoms with van der Waals surface area (Å²) < 4.78 is 0. The van der Waals surface area contributed by atoms with Gasteiger partial charge < -0.3 is 4.90 Å². The third-order valence-electron chi connectivity index (χ3n) is 3.04. The van der Waals surface area contributed by atoms with E-state index in [1.807, 2.05) is 0 Å². The Morgan fingerprint density at radius 3 is 1.94 bits per heavy atom. The third kappa shape index (κ3) is 11.2. The summed E-state index contributed by atoms with van der Waals surface area (Å²) in [4.78, 5) is 2.38. The maximum atomic E-state index is 5.70. The molecule has 0 N–H and O–H groups in total. The summed E-state index contributed by atoms with van der Waals surface area (Å²) in [6, 6.07) is 0.769. The molecule has 0 rings (SSSR count). The highest BCUT2D eigenvalue weighted by Crippen LogP contribution is 2.14. The lowest BCUT2D eigenvalue weighted by molar-refractivity contribution is 0.253. The molecule has 0 amide bonds. The Morgan fingerprint density at radius 1 is 0.938 bits per heavy atom. The molecule has 0 aromatic carbocycles. The fourth-order valence-corrected chi connectivity index (χ4v) is 2.13. The van der Waals surface area contributed by atoms with Crippen LogP contribution in [0.2, 0.25) is 0 Å². The third-order valence-corrected chi connectivity index (χ3v) is 3.31. The van der Waals surface area contributed by atoms with Crippen LogP contribution in [-0.4, -0.2) is 30.9 Å². The van der Waals surface area contributed by atoms with E-state index in [-0.39, 0.29) is 17.0 Å². The van der Waals surface area contributed by atoms with E-state index in [2.05, 4.69) is 25.9 Å². The number of nitrogens with zero attached hydrogens (tertiary/aromatic N) is 1. The molecule has 1 atom stereocenters. The van der Waals surface area contributed by atoms with E-state index in [1.165, 1.54) is 51.4 Å². The second-order valence-corrected chi connectivity index (χ2v) is 5.03. The van der Waals surface area contributed by atoms with Crippen molar-refractivity contribution in [1.82, 2.24) is 4.90 Å². The summed E-state index contributed by atoms with van der Waals surface area (Å²) in [5.74, 6) is 0.815. The summed E-state index contributed by atoms with van der Waals surface area (Å²) >= 11 is 5.70. The van der Waals surface area contributed by atoms with Gasteiger partial charge in [0.25, 0.3) is 0 Å². The van der Waals surface area contributed by atoms with Crippen molar-refractivity contribution in [2.45, 2.75) is 64.3 Å². The summed E-state index contributed by atoms with van der Waals surface area (Å²) in [5.41, 5.74) is 0. The SMILES string of the molecule is Br.CCCCCCC(CCCCCl)N(C)C. The van der Waals surface area contributed by atoms with Gasteiger partial charge in [0.1, 0.15) is 0 Å². The predicted molar refractivity (Wildman–Crippen MR) is 81.1 cm³/mol. The van der Waals surface area contributed by atoms with E-state index >= 15 is 0 Å². The van der Waals surface area contributed by atoms with Crippen LogP contribution in [0.1, 0.15) is 58.3 Å². The van der Waals surface area contributed by atoms with Gasteiger partial charge in [0.2, 0.25) is 0 Å². The number of unbranched alkanes of at least 4 members (excludes halogenated alkanes) is 4. The fraction of sp³-hybridized carbons (Fsp3) is 1.00. The summed E-state index contributed by atoms with van der Waals surface area (Å²) in [7, 11) is 4.40. The molecule has 1 unspecified atom stereocenters. The number of hydrogen-bond acceptors (Lipinski definition) is 1. The molecule has 0 saturated carbocycles. The van der Waals surface area contributed by atoms with Crippen molar-refractivity contribution in [2.24, 2.45) is 0 Å². The van der Waals surface area contributed by atoms with Gasteiger partial charge in [-0.1, -0.05) is 39.0 Å². The van der Waals surface area contributed by atoms with E-state index in [0.717, 1.165) is 11.9 Å². The Morgan fingerprint density at radius 2 is 1.50 bits per heavy atom. The minimum atomic E-state index is 0. The molecule has 0 fully saturated rings. The van der Waals surface area contributed by atoms with E-state index in [9.17, 15) is 0 Å². The number of alkyl halides is 1. The molecule has 1 nitrogen and oxygen atoms in total. The van der Waals surface area contributed by atoms with Crippen molar-refractivity contribution >= 4 is 28.6 Å². The topological polar surface area (TPSA) is 3.24 Å². The molecular formula is C13H29BrClN. The van der Waals surface area contributed by atoms with E-state index in [0.29, 0.717) is 0 Å². The fourth-order valence-electron chi connectivity index (χ4n) is 1.94. The average Bonchev–Trinajstić information content (AvgIpc) is 2.21. The molecule has 0 bridgehead atoms. The first-order valence-electron chi connectivity index (χ1n) is 6.44. The first-order valence-corrected chi connectivity index (χ1v) is 6.98. The first kappa shape index (κ1) is 19.1. The summed E-state index contributed by atoms with van der Waals surface area (Å²) in [6.07, 6.45) is 10.6. The molecule has 0 aliphatic heterocycles. The van der Waals surface area contributed by atoms with Gasteiger partial charge in [0, 0.05) is 11.9 Å². The lowest BCUT2D eigenvalue weighted by Crippen LogP contribution is -2.27. The van der Waals surface area contributed by atoms with Gasteiger partial charge in [-0.25, -0.2) is 0 Å². The molecule has 0 aromatic heterocycles. The monoisotopic (exact) mass is 313 g/mol. The van der Waals surface area contributed by atoms with Gasteiger partial charge >= 0.3 is 0 Å². The van der Waals surface area contributed by atoms with Crippen LogP contribution in [0.15, 0.2) is 0 Å². The lowest BCUT2D eigenvalue weighted by atomic mass is 10.0. The van der Waals surface area contributed by atoms with Crippen LogP contribution in [0, 0.1) is 0 Å². The highest BCUT2D eigenvalue weighted by molar-refractivity contribution is 8.93. The Kier molecular flexibility index (Phi) is 16.4. The molecule has 0 saturated heterocycles. The van der Waals surface area contributed by atoms with Crippen molar-refractivity contribution in [1.29, 1.82) is 0 Å². The highest BCUT2D eigenvalue weighted by Gasteiger charge is 2.09. The number of halogens is 2. The largest absolute Gasteiger partial charge is 0.306 e. The van der Waals surface area contributed by atoms with Crippen LogP contribution in [0.3, 0.4) is 0 Å². The van der Waals surface area contributed by atoms with E-state index in [1.54, 1.807) is 0 Å². The van der Waals surface area contributed by atoms with E-state index in [4.69, 9.17) is 11.6 Å². The molecule has 0 aromatic rings. The standard InChI is InChI=1S/C13H28ClN.BrH/c1-4-5-6-7-10-13(15(2)3)11-8-9-12-14;/h13H,4-12H2,1-3H3;1H.